The predicted octanol–water partition coefficient (Wildman–Crippen LogP) is 3.81. The fraction of sp³-hybridized carbons (Fsp3) is 0.571. The Morgan fingerprint density at radius 2 is 1.80 bits per heavy atom. The van der Waals surface area contributed by atoms with E-state index < -0.39 is 6.43 Å². The van der Waals surface area contributed by atoms with Crippen molar-refractivity contribution >= 4 is 28.7 Å². The van der Waals surface area contributed by atoms with E-state index in [-0.39, 0.29) is 17.8 Å². The van der Waals surface area contributed by atoms with E-state index in [9.17, 15) is 13.6 Å². The minimum atomic E-state index is -2.72. The maximum Gasteiger partial charge on any atom is 0.296 e. The summed E-state index contributed by atoms with van der Waals surface area (Å²) < 4.78 is 34.8. The highest BCUT2D eigenvalue weighted by atomic mass is 19.3. The number of amides is 1. The first kappa shape index (κ1) is 28.2. The Labute approximate surface area is 232 Å². The Morgan fingerprint density at radius 1 is 1.05 bits per heavy atom. The summed E-state index contributed by atoms with van der Waals surface area (Å²) in [5, 5.41) is 6.37. The molecule has 216 valence electrons. The number of halogens is 2. The molecule has 2 aromatic heterocycles. The minimum absolute atomic E-state index is 0.0463. The molecule has 1 saturated carbocycles. The summed E-state index contributed by atoms with van der Waals surface area (Å²) >= 11 is 0. The topological polar surface area (TPSA) is 123 Å². The lowest BCUT2D eigenvalue weighted by molar-refractivity contribution is -0.119. The van der Waals surface area contributed by atoms with Crippen LogP contribution in [0, 0.1) is 5.92 Å². The van der Waals surface area contributed by atoms with Crippen LogP contribution in [0.1, 0.15) is 57.2 Å². The summed E-state index contributed by atoms with van der Waals surface area (Å²) in [4.78, 5) is 26.0. The lowest BCUT2D eigenvalue weighted by Gasteiger charge is -2.28. The molecule has 1 atom stereocenters. The molecule has 3 aliphatic rings. The number of benzene rings is 1. The van der Waals surface area contributed by atoms with Crippen molar-refractivity contribution in [2.24, 2.45) is 11.7 Å². The number of carbonyl (C=O) groups is 1. The van der Waals surface area contributed by atoms with Crippen molar-refractivity contribution in [1.29, 1.82) is 0 Å². The maximum atomic E-state index is 13.9. The van der Waals surface area contributed by atoms with E-state index in [2.05, 4.69) is 25.5 Å². The number of hydrogen-bond acceptors (Lipinski definition) is 8. The number of rotatable bonds is 7. The lowest BCUT2D eigenvalue weighted by Crippen LogP contribution is -2.37. The summed E-state index contributed by atoms with van der Waals surface area (Å²) in [6.07, 6.45) is 5.48. The van der Waals surface area contributed by atoms with E-state index in [1.54, 1.807) is 24.3 Å². The fourth-order valence-electron chi connectivity index (χ4n) is 5.56. The number of nitrogens with two attached hydrogens (primary N) is 1. The third kappa shape index (κ3) is 6.84. The van der Waals surface area contributed by atoms with Crippen LogP contribution in [0.4, 0.5) is 20.5 Å². The highest BCUT2D eigenvalue weighted by Crippen LogP contribution is 2.30. The van der Waals surface area contributed by atoms with Crippen LogP contribution in [-0.2, 0) is 9.53 Å². The average molecular weight is 557 g/mol. The second-order valence-corrected chi connectivity index (χ2v) is 10.5. The van der Waals surface area contributed by atoms with Crippen molar-refractivity contribution in [1.82, 2.24) is 24.8 Å². The molecule has 3 fully saturated rings. The van der Waals surface area contributed by atoms with Crippen molar-refractivity contribution in [2.75, 3.05) is 49.6 Å². The summed E-state index contributed by atoms with van der Waals surface area (Å²) in [7, 11) is 0. The van der Waals surface area contributed by atoms with Crippen molar-refractivity contribution in [3.8, 4) is 5.82 Å². The number of ether oxygens (including phenoxy) is 1. The summed E-state index contributed by atoms with van der Waals surface area (Å²) in [5.74, 6) is 1.64. The van der Waals surface area contributed by atoms with Crippen molar-refractivity contribution in [3.05, 3.63) is 36.2 Å². The van der Waals surface area contributed by atoms with E-state index in [1.807, 2.05) is 6.07 Å². The first-order valence-electron chi connectivity index (χ1n) is 14.2. The first-order chi connectivity index (χ1) is 19.5. The van der Waals surface area contributed by atoms with Gasteiger partial charge in [0, 0.05) is 25.7 Å². The molecule has 1 aliphatic carbocycles. The standard InChI is InChI=1S/C23H28F2N6O.C5H10N2O/c24-21(25)22-27-17-8-4-5-9-18(17)31(22)20-14-19(30-10-12-32-13-11-30)28-23(29-20)26-15-16-6-2-1-3-7-16;6-5(8)4-2-1-3-7-4/h4-5,8-9,14,16,21H,1-3,6-7,10-13,15H2,(H,26,28,29);4,7H,1-3H2,(H2,6,8). The van der Waals surface area contributed by atoms with Crippen molar-refractivity contribution in [2.45, 2.75) is 57.4 Å². The van der Waals surface area contributed by atoms with Gasteiger partial charge in [-0.3, -0.25) is 9.36 Å². The van der Waals surface area contributed by atoms with Crippen LogP contribution in [0.3, 0.4) is 0 Å². The Kier molecular flexibility index (Phi) is 9.38. The van der Waals surface area contributed by atoms with Gasteiger partial charge < -0.3 is 26.0 Å². The number of anilines is 2. The van der Waals surface area contributed by atoms with E-state index in [0.717, 1.165) is 25.9 Å². The molecule has 12 heteroatoms. The van der Waals surface area contributed by atoms with Crippen LogP contribution in [-0.4, -0.2) is 70.9 Å². The maximum absolute atomic E-state index is 13.9. The molecule has 4 N–H and O–H groups in total. The zero-order valence-corrected chi connectivity index (χ0v) is 22.7. The molecule has 2 aliphatic heterocycles. The zero-order valence-electron chi connectivity index (χ0n) is 22.7. The van der Waals surface area contributed by atoms with Gasteiger partial charge in [-0.25, -0.2) is 13.8 Å². The second-order valence-electron chi connectivity index (χ2n) is 10.5. The number of primary amides is 1. The number of carbonyl (C=O) groups excluding carboxylic acids is 1. The molecule has 3 aromatic rings. The molecule has 1 amide bonds. The SMILES string of the molecule is FC(F)c1nc2ccccc2n1-c1cc(N2CCOCC2)nc(NCC2CCCCC2)n1.NC(=O)C1CCCN1. The second kappa shape index (κ2) is 13.3. The Morgan fingerprint density at radius 3 is 2.48 bits per heavy atom. The van der Waals surface area contributed by atoms with Crippen LogP contribution >= 0.6 is 0 Å². The van der Waals surface area contributed by atoms with E-state index >= 15 is 0 Å². The Hall–Kier alpha value is -3.38. The molecule has 0 radical (unpaired) electrons. The van der Waals surface area contributed by atoms with Gasteiger partial charge in [-0.2, -0.15) is 9.97 Å². The van der Waals surface area contributed by atoms with Crippen LogP contribution in [0.2, 0.25) is 0 Å². The molecule has 10 nitrogen and oxygen atoms in total. The van der Waals surface area contributed by atoms with Gasteiger partial charge >= 0.3 is 0 Å². The largest absolute Gasteiger partial charge is 0.378 e. The molecular formula is C28H38F2N8O2. The smallest absolute Gasteiger partial charge is 0.296 e. The van der Waals surface area contributed by atoms with Gasteiger partial charge in [-0.05, 0) is 50.3 Å². The highest BCUT2D eigenvalue weighted by Gasteiger charge is 2.24. The van der Waals surface area contributed by atoms with Crippen LogP contribution in [0.25, 0.3) is 16.9 Å². The number of nitrogens with zero attached hydrogens (tertiary/aromatic N) is 5. The van der Waals surface area contributed by atoms with Crippen LogP contribution in [0.15, 0.2) is 30.3 Å². The molecule has 0 bridgehead atoms. The number of para-hydroxylation sites is 2. The molecule has 0 spiro atoms. The number of hydrogen-bond donors (Lipinski definition) is 3. The molecule has 1 unspecified atom stereocenters. The van der Waals surface area contributed by atoms with Gasteiger partial charge in [0.25, 0.3) is 6.43 Å². The van der Waals surface area contributed by atoms with Gasteiger partial charge in [0.2, 0.25) is 11.9 Å². The number of aromatic nitrogens is 4. The molecule has 2 saturated heterocycles. The summed E-state index contributed by atoms with van der Waals surface area (Å²) in [5.41, 5.74) is 6.12. The van der Waals surface area contributed by atoms with Crippen LogP contribution in [0.5, 0.6) is 0 Å². The predicted molar refractivity (Wildman–Crippen MR) is 150 cm³/mol. The number of imidazole rings is 1. The molecular weight excluding hydrogens is 518 g/mol. The zero-order chi connectivity index (χ0) is 27.9. The van der Waals surface area contributed by atoms with Crippen molar-refractivity contribution in [3.63, 3.8) is 0 Å². The van der Waals surface area contributed by atoms with Gasteiger partial charge in [-0.1, -0.05) is 31.4 Å². The number of morpholine rings is 1. The monoisotopic (exact) mass is 556 g/mol. The van der Waals surface area contributed by atoms with Gasteiger partial charge in [0.15, 0.2) is 5.82 Å². The third-order valence-corrected chi connectivity index (χ3v) is 7.72. The Bertz CT molecular complexity index is 1270. The van der Waals surface area contributed by atoms with Crippen LogP contribution < -0.4 is 21.3 Å². The van der Waals surface area contributed by atoms with E-state index in [0.29, 0.717) is 60.8 Å². The minimum Gasteiger partial charge on any atom is -0.378 e. The summed E-state index contributed by atoms with van der Waals surface area (Å²) in [6, 6.07) is 8.88. The summed E-state index contributed by atoms with van der Waals surface area (Å²) in [6.45, 7) is 4.35. The van der Waals surface area contributed by atoms with Gasteiger partial charge in [0.1, 0.15) is 11.6 Å². The fourth-order valence-corrected chi connectivity index (χ4v) is 5.56. The normalized spacial score (nSPS) is 20.0. The lowest BCUT2D eigenvalue weighted by atomic mass is 9.89. The van der Waals surface area contributed by atoms with Crippen molar-refractivity contribution < 1.29 is 18.3 Å². The number of alkyl halides is 2. The molecule has 4 heterocycles. The quantitative estimate of drug-likeness (QED) is 0.402. The number of nitrogens with one attached hydrogen (secondary N) is 2. The van der Waals surface area contributed by atoms with Gasteiger partial charge in [0.05, 0.1) is 30.3 Å². The van der Waals surface area contributed by atoms with E-state index in [1.165, 1.54) is 36.7 Å². The Balaban J connectivity index is 0.000000348. The highest BCUT2D eigenvalue weighted by molar-refractivity contribution is 5.80. The molecule has 6 rings (SSSR count). The van der Waals surface area contributed by atoms with E-state index in [4.69, 9.17) is 15.5 Å². The van der Waals surface area contributed by atoms with Gasteiger partial charge in [-0.15, -0.1) is 0 Å². The first-order valence-corrected chi connectivity index (χ1v) is 14.2. The molecule has 1 aromatic carbocycles. The average Bonchev–Trinajstić information content (AvgIpc) is 3.67. The molecule has 40 heavy (non-hydrogen) atoms. The third-order valence-electron chi connectivity index (χ3n) is 7.72. The number of fused-ring (bicyclic) bond motifs is 1.